The van der Waals surface area contributed by atoms with Gasteiger partial charge >= 0.3 is 51.4 Å². The summed E-state index contributed by atoms with van der Waals surface area (Å²) in [7, 11) is 0. The number of hydrogen-bond donors (Lipinski definition) is 1. The minimum absolute atomic E-state index is 0. The van der Waals surface area contributed by atoms with Gasteiger partial charge in [0.1, 0.15) is 0 Å². The van der Waals surface area contributed by atoms with Crippen LogP contribution in [0.5, 0.6) is 0 Å². The van der Waals surface area contributed by atoms with E-state index in [-0.39, 0.29) is 51.4 Å². The van der Waals surface area contributed by atoms with Crippen molar-refractivity contribution < 1.29 is 51.4 Å². The summed E-state index contributed by atoms with van der Waals surface area (Å²) in [5.74, 6) is 1.21. The van der Waals surface area contributed by atoms with E-state index in [2.05, 4.69) is 29.4 Å². The molecule has 2 aliphatic rings. The van der Waals surface area contributed by atoms with Gasteiger partial charge in [-0.15, -0.1) is 6.92 Å². The van der Waals surface area contributed by atoms with Gasteiger partial charge < -0.3 is 5.32 Å². The van der Waals surface area contributed by atoms with E-state index in [1.54, 1.807) is 0 Å². The maximum absolute atomic E-state index is 4.36. The largest absolute Gasteiger partial charge is 1.00 e. The molecular formula is C9H11KN2. The van der Waals surface area contributed by atoms with Crippen LogP contribution in [-0.4, -0.2) is 12.8 Å². The fourth-order valence-electron chi connectivity index (χ4n) is 1.28. The fourth-order valence-corrected chi connectivity index (χ4v) is 1.28. The van der Waals surface area contributed by atoms with E-state index in [0.29, 0.717) is 0 Å². The normalized spacial score (nSPS) is 19.9. The zero-order valence-electron chi connectivity index (χ0n) is 7.59. The Kier molecular flexibility index (Phi) is 4.06. The third-order valence-corrected chi connectivity index (χ3v) is 1.93. The molecule has 0 atom stereocenters. The predicted octanol–water partition coefficient (Wildman–Crippen LogP) is -1.57. The molecule has 3 heteroatoms. The van der Waals surface area contributed by atoms with Crippen molar-refractivity contribution in [1.82, 2.24) is 5.32 Å². The summed E-state index contributed by atoms with van der Waals surface area (Å²) >= 11 is 0. The van der Waals surface area contributed by atoms with Gasteiger partial charge in [-0.05, 0) is 5.70 Å². The van der Waals surface area contributed by atoms with E-state index in [1.165, 1.54) is 17.3 Å². The van der Waals surface area contributed by atoms with Crippen molar-refractivity contribution in [3.63, 3.8) is 0 Å². The topological polar surface area (TPSA) is 24.4 Å². The van der Waals surface area contributed by atoms with Gasteiger partial charge in [-0.25, -0.2) is 6.08 Å². The molecule has 2 heterocycles. The SMILES string of the molecule is C[C-]1C=CC2=C(CCN2)N=C1.[K+]. The van der Waals surface area contributed by atoms with E-state index < -0.39 is 0 Å². The Labute approximate surface area is 116 Å². The molecule has 2 aliphatic heterocycles. The van der Waals surface area contributed by atoms with Crippen molar-refractivity contribution >= 4 is 6.21 Å². The molecule has 2 rings (SSSR count). The van der Waals surface area contributed by atoms with Crippen molar-refractivity contribution in [2.24, 2.45) is 4.99 Å². The number of allylic oxidation sites excluding steroid dienone is 2. The van der Waals surface area contributed by atoms with Crippen LogP contribution in [-0.2, 0) is 0 Å². The van der Waals surface area contributed by atoms with E-state index in [0.717, 1.165) is 13.0 Å². The molecule has 0 aromatic rings. The van der Waals surface area contributed by atoms with Gasteiger partial charge in [-0.3, -0.25) is 4.99 Å². The number of aliphatic imine (C=N–C) groups is 1. The monoisotopic (exact) mass is 186 g/mol. The maximum atomic E-state index is 4.36. The van der Waals surface area contributed by atoms with Crippen LogP contribution in [0.3, 0.4) is 0 Å². The Morgan fingerprint density at radius 2 is 2.42 bits per heavy atom. The number of nitrogens with zero attached hydrogens (tertiary/aromatic N) is 1. The van der Waals surface area contributed by atoms with Crippen LogP contribution in [0.2, 0.25) is 0 Å². The maximum Gasteiger partial charge on any atom is 1.00 e. The molecule has 58 valence electrons. The summed E-state index contributed by atoms with van der Waals surface area (Å²) in [4.78, 5) is 4.36. The van der Waals surface area contributed by atoms with Crippen LogP contribution in [0, 0.1) is 5.92 Å². The van der Waals surface area contributed by atoms with Crippen molar-refractivity contribution in [2.45, 2.75) is 13.3 Å². The first-order chi connectivity index (χ1) is 5.36. The first kappa shape index (κ1) is 10.5. The third-order valence-electron chi connectivity index (χ3n) is 1.93. The minimum Gasteiger partial charge on any atom is -0.398 e. The van der Waals surface area contributed by atoms with E-state index >= 15 is 0 Å². The Balaban J connectivity index is 0.000000720. The Hall–Kier alpha value is 0.456. The fraction of sp³-hybridized carbons (Fsp3) is 0.333. The number of hydrogen-bond acceptors (Lipinski definition) is 2. The van der Waals surface area contributed by atoms with E-state index in [9.17, 15) is 0 Å². The quantitative estimate of drug-likeness (QED) is 0.359. The van der Waals surface area contributed by atoms with Gasteiger partial charge in [0.15, 0.2) is 0 Å². The second-order valence-electron chi connectivity index (χ2n) is 2.87. The minimum atomic E-state index is 0. The Bertz CT molecular complexity index is 229. The van der Waals surface area contributed by atoms with Crippen LogP contribution < -0.4 is 56.7 Å². The van der Waals surface area contributed by atoms with Gasteiger partial charge in [0, 0.05) is 18.7 Å². The summed E-state index contributed by atoms with van der Waals surface area (Å²) in [6, 6.07) is 0. The van der Waals surface area contributed by atoms with E-state index in [1.807, 2.05) is 6.21 Å². The number of nitrogens with one attached hydrogen (secondary N) is 1. The molecule has 0 unspecified atom stereocenters. The van der Waals surface area contributed by atoms with E-state index in [4.69, 9.17) is 0 Å². The molecule has 0 aromatic heterocycles. The average Bonchev–Trinajstić information content (AvgIpc) is 2.38. The van der Waals surface area contributed by atoms with Crippen LogP contribution in [0.15, 0.2) is 28.5 Å². The molecule has 1 N–H and O–H groups in total. The zero-order valence-corrected chi connectivity index (χ0v) is 10.7. The zero-order chi connectivity index (χ0) is 7.68. The molecular weight excluding hydrogens is 175 g/mol. The van der Waals surface area contributed by atoms with Crippen LogP contribution >= 0.6 is 0 Å². The van der Waals surface area contributed by atoms with Gasteiger partial charge in [-0.2, -0.15) is 12.0 Å². The summed E-state index contributed by atoms with van der Waals surface area (Å²) in [5.41, 5.74) is 2.39. The Morgan fingerprint density at radius 1 is 1.58 bits per heavy atom. The second kappa shape index (κ2) is 4.63. The van der Waals surface area contributed by atoms with Crippen LogP contribution in [0.4, 0.5) is 0 Å². The third kappa shape index (κ3) is 2.23. The molecule has 0 aliphatic carbocycles. The van der Waals surface area contributed by atoms with Crippen LogP contribution in [0.25, 0.3) is 0 Å². The molecule has 0 fully saturated rings. The first-order valence-corrected chi connectivity index (χ1v) is 3.89. The molecule has 0 aromatic carbocycles. The summed E-state index contributed by atoms with van der Waals surface area (Å²) in [6.45, 7) is 3.09. The number of rotatable bonds is 0. The first-order valence-electron chi connectivity index (χ1n) is 3.89. The summed E-state index contributed by atoms with van der Waals surface area (Å²) in [6.07, 6.45) is 7.17. The average molecular weight is 186 g/mol. The molecule has 0 saturated carbocycles. The van der Waals surface area contributed by atoms with Crippen molar-refractivity contribution in [1.29, 1.82) is 0 Å². The molecule has 0 radical (unpaired) electrons. The van der Waals surface area contributed by atoms with Crippen molar-refractivity contribution in [2.75, 3.05) is 6.54 Å². The van der Waals surface area contributed by atoms with Crippen LogP contribution in [0.1, 0.15) is 13.3 Å². The standard InChI is InChI=1S/C9H11N2.K/c1-7-2-3-8-9(11-6-7)4-5-10-8;/h2-3,6,10H,4-5H2,1H3;/q-1;+1. The van der Waals surface area contributed by atoms with Crippen molar-refractivity contribution in [3.8, 4) is 0 Å². The molecule has 12 heavy (non-hydrogen) atoms. The predicted molar refractivity (Wildman–Crippen MR) is 46.2 cm³/mol. The summed E-state index contributed by atoms with van der Waals surface area (Å²) in [5, 5.41) is 3.28. The molecule has 0 spiro atoms. The molecule has 0 saturated heterocycles. The summed E-state index contributed by atoms with van der Waals surface area (Å²) < 4.78 is 0. The Morgan fingerprint density at radius 3 is 3.25 bits per heavy atom. The molecule has 2 nitrogen and oxygen atoms in total. The smallest absolute Gasteiger partial charge is 0.398 e. The van der Waals surface area contributed by atoms with Gasteiger partial charge in [0.25, 0.3) is 0 Å². The second-order valence-corrected chi connectivity index (χ2v) is 2.87. The van der Waals surface area contributed by atoms with Crippen molar-refractivity contribution in [3.05, 3.63) is 29.5 Å². The van der Waals surface area contributed by atoms with Gasteiger partial charge in [-0.1, -0.05) is 6.21 Å². The van der Waals surface area contributed by atoms with Gasteiger partial charge in [0.2, 0.25) is 0 Å². The molecule has 0 bridgehead atoms. The van der Waals surface area contributed by atoms with Gasteiger partial charge in [0.05, 0.1) is 0 Å². The molecule has 0 amide bonds.